The highest BCUT2D eigenvalue weighted by Gasteiger charge is 2.43. The Kier molecular flexibility index (Phi) is 6.41. The Morgan fingerprint density at radius 2 is 1.80 bits per heavy atom. The Hall–Kier alpha value is -2.40. The summed E-state index contributed by atoms with van der Waals surface area (Å²) < 4.78 is 46.8. The molecule has 3 heterocycles. The summed E-state index contributed by atoms with van der Waals surface area (Å²) in [7, 11) is -2.22. The number of piperazine rings is 1. The summed E-state index contributed by atoms with van der Waals surface area (Å²) in [5.41, 5.74) is 0.937. The maximum absolute atomic E-state index is 13.4. The number of hydrogen-bond donors (Lipinski definition) is 1. The van der Waals surface area contributed by atoms with E-state index in [0.717, 1.165) is 18.9 Å². The van der Waals surface area contributed by atoms with E-state index in [1.165, 1.54) is 22.5 Å². The maximum Gasteiger partial charge on any atom is 0.255 e. The van der Waals surface area contributed by atoms with Gasteiger partial charge < -0.3 is 19.6 Å². The fraction of sp³-hybridized carbons (Fsp3) is 0.458. The van der Waals surface area contributed by atoms with Crippen LogP contribution in [-0.4, -0.2) is 80.1 Å². The number of methoxy groups -OCH3 is 1. The van der Waals surface area contributed by atoms with Crippen molar-refractivity contribution >= 4 is 33.2 Å². The molecule has 1 amide bonds. The van der Waals surface area contributed by atoms with E-state index >= 15 is 0 Å². The first-order valence-corrected chi connectivity index (χ1v) is 13.4. The molecule has 3 atom stereocenters. The molecule has 3 saturated heterocycles. The van der Waals surface area contributed by atoms with E-state index < -0.39 is 21.9 Å². The van der Waals surface area contributed by atoms with Crippen LogP contribution >= 0.6 is 11.6 Å². The number of anilines is 1. The molecule has 0 saturated carbocycles. The summed E-state index contributed by atoms with van der Waals surface area (Å²) in [5, 5.41) is 9.90. The molecule has 0 spiro atoms. The molecule has 3 aliphatic rings. The molecule has 3 unspecified atom stereocenters. The Morgan fingerprint density at radius 3 is 2.40 bits per heavy atom. The van der Waals surface area contributed by atoms with E-state index in [4.69, 9.17) is 16.3 Å². The van der Waals surface area contributed by atoms with E-state index in [9.17, 15) is 22.7 Å². The van der Waals surface area contributed by atoms with Crippen molar-refractivity contribution in [2.24, 2.45) is 0 Å². The summed E-state index contributed by atoms with van der Waals surface area (Å²) >= 11 is 6.13. The third kappa shape index (κ3) is 4.37. The highest BCUT2D eigenvalue weighted by atomic mass is 35.5. The van der Waals surface area contributed by atoms with Gasteiger partial charge in [-0.1, -0.05) is 11.6 Å². The van der Waals surface area contributed by atoms with Crippen LogP contribution in [0.4, 0.5) is 10.1 Å². The van der Waals surface area contributed by atoms with E-state index in [0.29, 0.717) is 30.9 Å². The molecule has 2 aromatic carbocycles. The van der Waals surface area contributed by atoms with Gasteiger partial charge in [0.2, 0.25) is 10.0 Å². The minimum Gasteiger partial charge on any atom is -0.495 e. The molecule has 0 aliphatic carbocycles. The first-order chi connectivity index (χ1) is 16.7. The predicted molar refractivity (Wildman–Crippen MR) is 129 cm³/mol. The average Bonchev–Trinajstić information content (AvgIpc) is 3.38. The van der Waals surface area contributed by atoms with Gasteiger partial charge in [-0.05, 0) is 55.7 Å². The molecule has 188 valence electrons. The average molecular weight is 524 g/mol. The smallest absolute Gasteiger partial charge is 0.255 e. The van der Waals surface area contributed by atoms with Crippen molar-refractivity contribution in [2.45, 2.75) is 42.3 Å². The molecular formula is C24H27ClFN3O5S. The van der Waals surface area contributed by atoms with Crippen molar-refractivity contribution in [1.29, 1.82) is 0 Å². The molecule has 35 heavy (non-hydrogen) atoms. The van der Waals surface area contributed by atoms with Crippen LogP contribution in [-0.2, 0) is 10.0 Å². The van der Waals surface area contributed by atoms with Crippen LogP contribution < -0.4 is 9.64 Å². The van der Waals surface area contributed by atoms with Crippen LogP contribution in [0.2, 0.25) is 5.02 Å². The monoisotopic (exact) mass is 523 g/mol. The molecule has 3 aliphatic heterocycles. The van der Waals surface area contributed by atoms with Gasteiger partial charge in [0.1, 0.15) is 11.6 Å². The summed E-state index contributed by atoms with van der Waals surface area (Å²) in [4.78, 5) is 17.2. The molecule has 3 fully saturated rings. The van der Waals surface area contributed by atoms with Crippen molar-refractivity contribution in [3.05, 3.63) is 52.8 Å². The van der Waals surface area contributed by atoms with Crippen LogP contribution in [0.15, 0.2) is 41.3 Å². The summed E-state index contributed by atoms with van der Waals surface area (Å²) in [6.45, 7) is 1.23. The first kappa shape index (κ1) is 24.3. The number of ether oxygens (including phenoxy) is 1. The number of likely N-dealkylation sites (tertiary alicyclic amines) is 1. The van der Waals surface area contributed by atoms with Crippen LogP contribution in [0.3, 0.4) is 0 Å². The standard InChI is InChI=1S/C24H27ClFN3O5S/c1-34-23-7-5-19(35(32,33)28-9-8-18(30)14-28)11-22(23)29-16-3-4-17(29)13-27(12-16)24(31)20-6-2-15(26)10-21(20)25/h2,5-7,10-11,16-18,30H,3-4,8-9,12-14H2,1H3. The van der Waals surface area contributed by atoms with Gasteiger partial charge in [0.05, 0.1) is 34.4 Å². The lowest BCUT2D eigenvalue weighted by Gasteiger charge is -2.43. The van der Waals surface area contributed by atoms with Crippen molar-refractivity contribution in [3.63, 3.8) is 0 Å². The number of carbonyl (C=O) groups is 1. The molecule has 2 bridgehead atoms. The number of carbonyl (C=O) groups excluding carboxylic acids is 1. The third-order valence-electron chi connectivity index (χ3n) is 7.12. The zero-order valence-electron chi connectivity index (χ0n) is 19.2. The van der Waals surface area contributed by atoms with Crippen molar-refractivity contribution in [3.8, 4) is 5.75 Å². The Balaban J connectivity index is 1.42. The number of aliphatic hydroxyl groups is 1. The lowest BCUT2D eigenvalue weighted by Crippen LogP contribution is -2.55. The molecule has 8 nitrogen and oxygen atoms in total. The normalized spacial score (nSPS) is 24.7. The van der Waals surface area contributed by atoms with Gasteiger partial charge in [-0.3, -0.25) is 4.79 Å². The summed E-state index contributed by atoms with van der Waals surface area (Å²) in [5.74, 6) is -0.187. The number of aliphatic hydroxyl groups excluding tert-OH is 1. The van der Waals surface area contributed by atoms with Crippen LogP contribution in [0.1, 0.15) is 29.6 Å². The number of amides is 1. The van der Waals surface area contributed by atoms with E-state index in [2.05, 4.69) is 4.90 Å². The zero-order chi connectivity index (χ0) is 24.9. The van der Waals surface area contributed by atoms with E-state index in [-0.39, 0.29) is 46.6 Å². The number of nitrogens with zero attached hydrogens (tertiary/aromatic N) is 3. The topological polar surface area (TPSA) is 90.4 Å². The van der Waals surface area contributed by atoms with E-state index in [1.54, 1.807) is 24.1 Å². The predicted octanol–water partition coefficient (Wildman–Crippen LogP) is 2.74. The summed E-state index contributed by atoms with van der Waals surface area (Å²) in [6.07, 6.45) is 1.44. The second-order valence-corrected chi connectivity index (χ2v) is 11.6. The minimum atomic E-state index is -3.76. The minimum absolute atomic E-state index is 0.0302. The van der Waals surface area contributed by atoms with Crippen molar-refractivity contribution in [1.82, 2.24) is 9.21 Å². The Bertz CT molecular complexity index is 1250. The van der Waals surface area contributed by atoms with Gasteiger partial charge in [0.25, 0.3) is 5.91 Å². The number of rotatable bonds is 5. The van der Waals surface area contributed by atoms with Crippen LogP contribution in [0.25, 0.3) is 0 Å². The quantitative estimate of drug-likeness (QED) is 0.648. The van der Waals surface area contributed by atoms with Crippen molar-refractivity contribution in [2.75, 3.05) is 38.2 Å². The molecule has 1 N–H and O–H groups in total. The zero-order valence-corrected chi connectivity index (χ0v) is 20.8. The van der Waals surface area contributed by atoms with Gasteiger partial charge in [-0.25, -0.2) is 12.8 Å². The SMILES string of the molecule is COc1ccc(S(=O)(=O)N2CCC(O)C2)cc1N1C2CCC1CN(C(=O)c1ccc(F)cc1Cl)C2. The molecule has 0 aromatic heterocycles. The number of halogens is 2. The lowest BCUT2D eigenvalue weighted by molar-refractivity contribution is 0.0718. The van der Waals surface area contributed by atoms with E-state index in [1.807, 2.05) is 0 Å². The molecule has 11 heteroatoms. The number of benzene rings is 2. The number of hydrogen-bond acceptors (Lipinski definition) is 6. The third-order valence-corrected chi connectivity index (χ3v) is 9.30. The second kappa shape index (κ2) is 9.24. The van der Waals surface area contributed by atoms with Gasteiger partial charge in [0, 0.05) is 38.3 Å². The lowest BCUT2D eigenvalue weighted by atomic mass is 10.1. The van der Waals surface area contributed by atoms with Gasteiger partial charge in [-0.2, -0.15) is 4.31 Å². The highest BCUT2D eigenvalue weighted by molar-refractivity contribution is 7.89. The van der Waals surface area contributed by atoms with Gasteiger partial charge in [0.15, 0.2) is 0 Å². The second-order valence-electron chi connectivity index (χ2n) is 9.27. The number of sulfonamides is 1. The van der Waals surface area contributed by atoms with Gasteiger partial charge in [-0.15, -0.1) is 0 Å². The first-order valence-electron chi connectivity index (χ1n) is 11.6. The Labute approximate surface area is 208 Å². The molecule has 2 aromatic rings. The summed E-state index contributed by atoms with van der Waals surface area (Å²) in [6, 6.07) is 8.52. The van der Waals surface area contributed by atoms with Gasteiger partial charge >= 0.3 is 0 Å². The van der Waals surface area contributed by atoms with Crippen molar-refractivity contribution < 1.29 is 27.4 Å². The molecule has 5 rings (SSSR count). The van der Waals surface area contributed by atoms with Crippen LogP contribution in [0, 0.1) is 5.82 Å². The fourth-order valence-corrected chi connectivity index (χ4v) is 7.17. The fourth-order valence-electron chi connectivity index (χ4n) is 5.41. The van der Waals surface area contributed by atoms with Crippen LogP contribution in [0.5, 0.6) is 5.75 Å². The largest absolute Gasteiger partial charge is 0.495 e. The highest BCUT2D eigenvalue weighted by Crippen LogP contribution is 2.41. The molecule has 0 radical (unpaired) electrons. The number of fused-ring (bicyclic) bond motifs is 2. The Morgan fingerprint density at radius 1 is 1.09 bits per heavy atom. The maximum atomic E-state index is 13.4. The molecular weight excluding hydrogens is 497 g/mol. The number of β-amino-alcohol motifs (C(OH)–C–C–N with tert-alkyl or cyclic N) is 1.